The van der Waals surface area contributed by atoms with E-state index >= 15 is 0 Å². The van der Waals surface area contributed by atoms with Crippen LogP contribution < -0.4 is 5.32 Å². The highest BCUT2D eigenvalue weighted by molar-refractivity contribution is 8.00. The van der Waals surface area contributed by atoms with E-state index in [1.54, 1.807) is 4.90 Å². The van der Waals surface area contributed by atoms with Gasteiger partial charge < -0.3 is 20.1 Å². The number of carboxylic acid groups (broad SMARTS) is 1. The van der Waals surface area contributed by atoms with Crippen LogP contribution in [0.1, 0.15) is 42.7 Å². The Bertz CT molecular complexity index is 1080. The molecule has 2 aromatic carbocycles. The summed E-state index contributed by atoms with van der Waals surface area (Å²) in [5.74, 6) is 0.0297. The van der Waals surface area contributed by atoms with Crippen LogP contribution in [0.4, 0.5) is 4.79 Å². The summed E-state index contributed by atoms with van der Waals surface area (Å²) in [6.07, 6.45) is 2.41. The highest BCUT2D eigenvalue weighted by Crippen LogP contribution is 2.44. The number of amides is 2. The highest BCUT2D eigenvalue weighted by Gasteiger charge is 2.33. The second kappa shape index (κ2) is 10.3. The summed E-state index contributed by atoms with van der Waals surface area (Å²) in [5, 5.41) is 11.7. The maximum atomic E-state index is 12.7. The zero-order valence-corrected chi connectivity index (χ0v) is 20.3. The van der Waals surface area contributed by atoms with Gasteiger partial charge in [-0.3, -0.25) is 9.59 Å². The molecule has 1 saturated carbocycles. The lowest BCUT2D eigenvalue weighted by molar-refractivity contribution is -0.138. The Labute approximate surface area is 209 Å². The third-order valence-corrected chi connectivity index (χ3v) is 8.54. The number of benzene rings is 2. The van der Waals surface area contributed by atoms with Crippen LogP contribution in [0.2, 0.25) is 0 Å². The Kier molecular flexibility index (Phi) is 7.00. The predicted molar refractivity (Wildman–Crippen MR) is 134 cm³/mol. The van der Waals surface area contributed by atoms with E-state index < -0.39 is 17.3 Å². The van der Waals surface area contributed by atoms with Gasteiger partial charge in [0.05, 0.1) is 0 Å². The molecule has 0 radical (unpaired) electrons. The van der Waals surface area contributed by atoms with Gasteiger partial charge in [0.15, 0.2) is 0 Å². The largest absolute Gasteiger partial charge is 0.480 e. The average molecular weight is 495 g/mol. The second-order valence-corrected chi connectivity index (χ2v) is 10.9. The van der Waals surface area contributed by atoms with E-state index in [9.17, 15) is 19.5 Å². The molecule has 0 bridgehead atoms. The van der Waals surface area contributed by atoms with Gasteiger partial charge in [0, 0.05) is 37.2 Å². The number of hydrogen-bond donors (Lipinski definition) is 2. The number of carbonyl (C=O) groups is 3. The molecular weight excluding hydrogens is 464 g/mol. The van der Waals surface area contributed by atoms with Gasteiger partial charge in [-0.15, -0.1) is 11.8 Å². The Hall–Kier alpha value is -3.00. The fourth-order valence-electron chi connectivity index (χ4n) is 5.60. The quantitative estimate of drug-likeness (QED) is 0.628. The van der Waals surface area contributed by atoms with Gasteiger partial charge in [-0.2, -0.15) is 0 Å². The predicted octanol–water partition coefficient (Wildman–Crippen LogP) is 4.11. The normalized spacial score (nSPS) is 23.4. The summed E-state index contributed by atoms with van der Waals surface area (Å²) in [7, 11) is 0. The molecule has 1 heterocycles. The molecule has 0 aromatic heterocycles. The van der Waals surface area contributed by atoms with Crippen molar-refractivity contribution >= 4 is 29.7 Å². The Morgan fingerprint density at radius 3 is 2.40 bits per heavy atom. The minimum Gasteiger partial charge on any atom is -0.480 e. The fraction of sp³-hybridized carbons (Fsp3) is 0.444. The topological polar surface area (TPSA) is 95.9 Å². The Balaban J connectivity index is 1.10. The van der Waals surface area contributed by atoms with E-state index in [-0.39, 0.29) is 36.9 Å². The summed E-state index contributed by atoms with van der Waals surface area (Å²) in [6.45, 7) is 1.15. The second-order valence-electron chi connectivity index (χ2n) is 9.59. The highest BCUT2D eigenvalue weighted by atomic mass is 32.2. The lowest BCUT2D eigenvalue weighted by Gasteiger charge is -2.31. The first-order valence-electron chi connectivity index (χ1n) is 12.2. The van der Waals surface area contributed by atoms with E-state index in [1.807, 2.05) is 24.3 Å². The molecule has 3 atom stereocenters. The molecule has 2 aromatic rings. The summed E-state index contributed by atoms with van der Waals surface area (Å²) >= 11 is 1.39. The number of carboxylic acids is 1. The summed E-state index contributed by atoms with van der Waals surface area (Å²) in [5.41, 5.74) is 4.76. The van der Waals surface area contributed by atoms with Crippen LogP contribution in [0.5, 0.6) is 0 Å². The number of thioether (sulfide) groups is 1. The summed E-state index contributed by atoms with van der Waals surface area (Å²) in [4.78, 5) is 38.2. The van der Waals surface area contributed by atoms with Gasteiger partial charge in [0.1, 0.15) is 11.9 Å². The van der Waals surface area contributed by atoms with Crippen LogP contribution in [0.15, 0.2) is 48.5 Å². The maximum Gasteiger partial charge on any atom is 0.407 e. The van der Waals surface area contributed by atoms with Crippen LogP contribution in [0.3, 0.4) is 0 Å². The van der Waals surface area contributed by atoms with E-state index in [0.717, 1.165) is 19.3 Å². The SMILES string of the molecule is O=C(N[C@H]1CC[C@@H](CC(=O)N2CCSC(C(=O)O)C2)C1)OCC1c2ccccc2-c2ccccc21. The molecule has 1 aliphatic heterocycles. The first-order chi connectivity index (χ1) is 17.0. The molecule has 1 unspecified atom stereocenters. The van der Waals surface area contributed by atoms with Crippen LogP contribution in [-0.2, 0) is 14.3 Å². The molecule has 2 amide bonds. The Morgan fingerprint density at radius 1 is 1.03 bits per heavy atom. The van der Waals surface area contributed by atoms with Gasteiger partial charge in [-0.05, 0) is 47.4 Å². The lowest BCUT2D eigenvalue weighted by Crippen LogP contribution is -2.45. The Morgan fingerprint density at radius 2 is 1.71 bits per heavy atom. The van der Waals surface area contributed by atoms with E-state index in [0.29, 0.717) is 18.7 Å². The van der Waals surface area contributed by atoms with Crippen molar-refractivity contribution in [1.82, 2.24) is 10.2 Å². The van der Waals surface area contributed by atoms with Gasteiger partial charge in [0.2, 0.25) is 5.91 Å². The molecule has 3 aliphatic rings. The molecule has 2 N–H and O–H groups in total. The first-order valence-corrected chi connectivity index (χ1v) is 13.3. The zero-order valence-electron chi connectivity index (χ0n) is 19.5. The number of aliphatic carboxylic acids is 1. The number of rotatable bonds is 6. The number of carbonyl (C=O) groups excluding carboxylic acids is 2. The first kappa shape index (κ1) is 23.7. The van der Waals surface area contributed by atoms with Crippen molar-refractivity contribution < 1.29 is 24.2 Å². The molecule has 2 fully saturated rings. The van der Waals surface area contributed by atoms with Crippen molar-refractivity contribution in [2.75, 3.05) is 25.4 Å². The van der Waals surface area contributed by atoms with Crippen molar-refractivity contribution in [1.29, 1.82) is 0 Å². The van der Waals surface area contributed by atoms with Crippen LogP contribution >= 0.6 is 11.8 Å². The zero-order chi connectivity index (χ0) is 24.4. The van der Waals surface area contributed by atoms with Gasteiger partial charge in [-0.25, -0.2) is 4.79 Å². The minimum atomic E-state index is -0.860. The molecule has 35 heavy (non-hydrogen) atoms. The average Bonchev–Trinajstić information content (AvgIpc) is 3.44. The number of hydrogen-bond acceptors (Lipinski definition) is 5. The van der Waals surface area contributed by atoms with Crippen LogP contribution in [-0.4, -0.2) is 64.7 Å². The molecule has 0 spiro atoms. The molecule has 2 aliphatic carbocycles. The standard InChI is InChI=1S/C27H30N2O5S/c30-25(29-11-12-35-24(15-29)26(31)32)14-17-9-10-18(13-17)28-27(33)34-16-23-21-7-3-1-5-19(21)20-6-2-4-8-22(20)23/h1-8,17-18,23-24H,9-16H2,(H,28,33)(H,31,32)/t17-,18+,24?/m1/s1. The number of fused-ring (bicyclic) bond motifs is 3. The number of nitrogens with zero attached hydrogens (tertiary/aromatic N) is 1. The van der Waals surface area contributed by atoms with Gasteiger partial charge in [-0.1, -0.05) is 48.5 Å². The fourth-order valence-corrected chi connectivity index (χ4v) is 6.64. The van der Waals surface area contributed by atoms with E-state index in [4.69, 9.17) is 4.74 Å². The number of nitrogens with one attached hydrogen (secondary N) is 1. The van der Waals surface area contributed by atoms with Gasteiger partial charge >= 0.3 is 12.1 Å². The molecule has 8 heteroatoms. The lowest BCUT2D eigenvalue weighted by atomic mass is 9.98. The van der Waals surface area contributed by atoms with Crippen LogP contribution in [0.25, 0.3) is 11.1 Å². The molecular formula is C27H30N2O5S. The smallest absolute Gasteiger partial charge is 0.407 e. The maximum absolute atomic E-state index is 12.7. The monoisotopic (exact) mass is 494 g/mol. The molecule has 7 nitrogen and oxygen atoms in total. The molecule has 5 rings (SSSR count). The van der Waals surface area contributed by atoms with Crippen LogP contribution in [0, 0.1) is 5.92 Å². The van der Waals surface area contributed by atoms with Crippen molar-refractivity contribution in [3.63, 3.8) is 0 Å². The number of alkyl carbamates (subject to hydrolysis) is 1. The minimum absolute atomic E-state index is 0.00729. The van der Waals surface area contributed by atoms with E-state index in [1.165, 1.54) is 34.0 Å². The summed E-state index contributed by atoms with van der Waals surface area (Å²) in [6, 6.07) is 16.5. The van der Waals surface area contributed by atoms with Crippen molar-refractivity contribution in [2.24, 2.45) is 5.92 Å². The molecule has 1 saturated heterocycles. The van der Waals surface area contributed by atoms with Crippen molar-refractivity contribution in [3.05, 3.63) is 59.7 Å². The summed E-state index contributed by atoms with van der Waals surface area (Å²) < 4.78 is 5.66. The third kappa shape index (κ3) is 5.17. The van der Waals surface area contributed by atoms with Crippen molar-refractivity contribution in [2.45, 2.75) is 42.9 Å². The van der Waals surface area contributed by atoms with Gasteiger partial charge in [0.25, 0.3) is 0 Å². The molecule has 184 valence electrons. The third-order valence-electron chi connectivity index (χ3n) is 7.36. The van der Waals surface area contributed by atoms with E-state index in [2.05, 4.69) is 29.6 Å². The number of ether oxygens (including phenoxy) is 1. The van der Waals surface area contributed by atoms with Crippen molar-refractivity contribution in [3.8, 4) is 11.1 Å².